The molecule has 0 bridgehead atoms. The maximum absolute atomic E-state index is 8.55. The fourth-order valence-electron chi connectivity index (χ4n) is 1.13. The predicted octanol–water partition coefficient (Wildman–Crippen LogP) is -0.127. The quantitative estimate of drug-likeness (QED) is 0.432. The van der Waals surface area contributed by atoms with Crippen LogP contribution in [0.15, 0.2) is 0 Å². The van der Waals surface area contributed by atoms with Gasteiger partial charge in [0.2, 0.25) is 0 Å². The fraction of sp³-hybridized carbons (Fsp3) is 1.00. The standard InChI is InChI=1S/C6H12O4/c7-2-1-5-3-9-4-6(5)10-8/h5-8H,1-4H2. The summed E-state index contributed by atoms with van der Waals surface area (Å²) in [4.78, 5) is 4.14. The highest BCUT2D eigenvalue weighted by molar-refractivity contribution is 4.74. The molecule has 0 radical (unpaired) electrons. The summed E-state index contributed by atoms with van der Waals surface area (Å²) in [6, 6.07) is 0. The van der Waals surface area contributed by atoms with Crippen molar-refractivity contribution in [1.82, 2.24) is 0 Å². The van der Waals surface area contributed by atoms with Crippen molar-refractivity contribution in [2.45, 2.75) is 12.5 Å². The van der Waals surface area contributed by atoms with E-state index in [1.807, 2.05) is 0 Å². The largest absolute Gasteiger partial charge is 0.396 e. The Labute approximate surface area is 59.3 Å². The molecule has 0 aromatic rings. The van der Waals surface area contributed by atoms with Crippen molar-refractivity contribution in [3.63, 3.8) is 0 Å². The normalized spacial score (nSPS) is 33.0. The lowest BCUT2D eigenvalue weighted by Gasteiger charge is -2.11. The van der Waals surface area contributed by atoms with Crippen LogP contribution in [0.1, 0.15) is 6.42 Å². The van der Waals surface area contributed by atoms with Crippen LogP contribution >= 0.6 is 0 Å². The second-order valence-corrected chi connectivity index (χ2v) is 2.45. The van der Waals surface area contributed by atoms with E-state index < -0.39 is 0 Å². The third kappa shape index (κ3) is 1.67. The van der Waals surface area contributed by atoms with Crippen LogP contribution in [0.2, 0.25) is 0 Å². The summed E-state index contributed by atoms with van der Waals surface area (Å²) in [5.41, 5.74) is 0. The molecule has 0 saturated carbocycles. The molecular formula is C6H12O4. The Hall–Kier alpha value is -0.160. The van der Waals surface area contributed by atoms with Crippen LogP contribution in [-0.4, -0.2) is 36.3 Å². The van der Waals surface area contributed by atoms with Gasteiger partial charge in [-0.25, -0.2) is 4.89 Å². The van der Waals surface area contributed by atoms with Gasteiger partial charge in [-0.3, -0.25) is 5.26 Å². The van der Waals surface area contributed by atoms with Crippen LogP contribution in [0.4, 0.5) is 0 Å². The van der Waals surface area contributed by atoms with E-state index in [1.54, 1.807) is 0 Å². The molecule has 0 amide bonds. The Balaban J connectivity index is 2.27. The summed E-state index contributed by atoms with van der Waals surface area (Å²) in [5.74, 6) is 0.148. The maximum Gasteiger partial charge on any atom is 0.121 e. The Kier molecular flexibility index (Phi) is 3.08. The summed E-state index contributed by atoms with van der Waals surface area (Å²) in [6.07, 6.45) is 0.387. The molecule has 60 valence electrons. The van der Waals surface area contributed by atoms with Gasteiger partial charge in [-0.1, -0.05) is 0 Å². The van der Waals surface area contributed by atoms with E-state index in [1.165, 1.54) is 0 Å². The molecule has 0 aliphatic carbocycles. The highest BCUT2D eigenvalue weighted by Gasteiger charge is 2.28. The minimum atomic E-state index is -0.243. The molecule has 1 fully saturated rings. The second-order valence-electron chi connectivity index (χ2n) is 2.45. The summed E-state index contributed by atoms with van der Waals surface area (Å²) < 4.78 is 5.02. The first kappa shape index (κ1) is 7.94. The smallest absolute Gasteiger partial charge is 0.121 e. The monoisotopic (exact) mass is 148 g/mol. The zero-order chi connectivity index (χ0) is 7.40. The Morgan fingerprint density at radius 2 is 2.30 bits per heavy atom. The van der Waals surface area contributed by atoms with Gasteiger partial charge in [-0.15, -0.1) is 0 Å². The van der Waals surface area contributed by atoms with Gasteiger partial charge >= 0.3 is 0 Å². The number of ether oxygens (including phenoxy) is 1. The zero-order valence-electron chi connectivity index (χ0n) is 5.69. The minimum Gasteiger partial charge on any atom is -0.396 e. The first-order valence-corrected chi connectivity index (χ1v) is 3.37. The molecule has 1 heterocycles. The first-order valence-electron chi connectivity index (χ1n) is 3.37. The number of aliphatic hydroxyl groups is 1. The molecule has 2 N–H and O–H groups in total. The summed E-state index contributed by atoms with van der Waals surface area (Å²) in [7, 11) is 0. The minimum absolute atomic E-state index is 0.119. The molecule has 1 rings (SSSR count). The maximum atomic E-state index is 8.55. The molecule has 2 atom stereocenters. The van der Waals surface area contributed by atoms with Crippen molar-refractivity contribution >= 4 is 0 Å². The molecule has 1 saturated heterocycles. The molecule has 10 heavy (non-hydrogen) atoms. The number of aliphatic hydroxyl groups excluding tert-OH is 1. The lowest BCUT2D eigenvalue weighted by molar-refractivity contribution is -0.284. The average Bonchev–Trinajstić information content (AvgIpc) is 2.36. The van der Waals surface area contributed by atoms with Gasteiger partial charge < -0.3 is 9.84 Å². The number of rotatable bonds is 3. The van der Waals surface area contributed by atoms with E-state index in [-0.39, 0.29) is 18.6 Å². The summed E-state index contributed by atoms with van der Waals surface area (Å²) in [5, 5.41) is 16.8. The van der Waals surface area contributed by atoms with Crippen LogP contribution in [0.3, 0.4) is 0 Å². The van der Waals surface area contributed by atoms with Gasteiger partial charge in [0.1, 0.15) is 6.10 Å². The fourth-order valence-corrected chi connectivity index (χ4v) is 1.13. The third-order valence-corrected chi connectivity index (χ3v) is 1.78. The molecule has 4 heteroatoms. The Morgan fingerprint density at radius 1 is 1.50 bits per heavy atom. The van der Waals surface area contributed by atoms with Crippen LogP contribution in [0.25, 0.3) is 0 Å². The van der Waals surface area contributed by atoms with Crippen molar-refractivity contribution in [3.8, 4) is 0 Å². The highest BCUT2D eigenvalue weighted by Crippen LogP contribution is 2.18. The zero-order valence-corrected chi connectivity index (χ0v) is 5.69. The SMILES string of the molecule is OCCC1COCC1OO. The van der Waals surface area contributed by atoms with E-state index in [9.17, 15) is 0 Å². The van der Waals surface area contributed by atoms with Crippen molar-refractivity contribution in [3.05, 3.63) is 0 Å². The first-order chi connectivity index (χ1) is 4.88. The van der Waals surface area contributed by atoms with Crippen molar-refractivity contribution in [2.75, 3.05) is 19.8 Å². The van der Waals surface area contributed by atoms with Crippen molar-refractivity contribution in [1.29, 1.82) is 0 Å². The van der Waals surface area contributed by atoms with Gasteiger partial charge in [-0.2, -0.15) is 0 Å². The van der Waals surface area contributed by atoms with Gasteiger partial charge in [-0.05, 0) is 6.42 Å². The van der Waals surface area contributed by atoms with E-state index in [0.717, 1.165) is 0 Å². The highest BCUT2D eigenvalue weighted by atomic mass is 17.1. The van der Waals surface area contributed by atoms with E-state index in [4.69, 9.17) is 15.1 Å². The molecule has 2 unspecified atom stereocenters. The predicted molar refractivity (Wildman–Crippen MR) is 33.5 cm³/mol. The molecule has 0 aromatic carbocycles. The van der Waals surface area contributed by atoms with Crippen LogP contribution < -0.4 is 0 Å². The lowest BCUT2D eigenvalue weighted by Crippen LogP contribution is -2.21. The Morgan fingerprint density at radius 3 is 2.90 bits per heavy atom. The summed E-state index contributed by atoms with van der Waals surface area (Å²) in [6.45, 7) is 1.13. The topological polar surface area (TPSA) is 58.9 Å². The van der Waals surface area contributed by atoms with Gasteiger partial charge in [0.15, 0.2) is 0 Å². The average molecular weight is 148 g/mol. The molecule has 0 aromatic heterocycles. The molecule has 0 spiro atoms. The van der Waals surface area contributed by atoms with Crippen LogP contribution in [-0.2, 0) is 9.62 Å². The third-order valence-electron chi connectivity index (χ3n) is 1.78. The number of hydrogen-bond acceptors (Lipinski definition) is 4. The second kappa shape index (κ2) is 3.88. The van der Waals surface area contributed by atoms with Crippen LogP contribution in [0.5, 0.6) is 0 Å². The van der Waals surface area contributed by atoms with Gasteiger partial charge in [0, 0.05) is 12.5 Å². The summed E-state index contributed by atoms with van der Waals surface area (Å²) >= 11 is 0. The van der Waals surface area contributed by atoms with Crippen molar-refractivity contribution in [2.24, 2.45) is 5.92 Å². The van der Waals surface area contributed by atoms with Crippen LogP contribution in [0, 0.1) is 5.92 Å². The van der Waals surface area contributed by atoms with E-state index in [0.29, 0.717) is 19.6 Å². The molecular weight excluding hydrogens is 136 g/mol. The van der Waals surface area contributed by atoms with Gasteiger partial charge in [0.25, 0.3) is 0 Å². The number of hydrogen-bond donors (Lipinski definition) is 2. The molecule has 1 aliphatic heterocycles. The van der Waals surface area contributed by atoms with Crippen molar-refractivity contribution < 1.29 is 20.0 Å². The lowest BCUT2D eigenvalue weighted by atomic mass is 10.0. The molecule has 4 nitrogen and oxygen atoms in total. The van der Waals surface area contributed by atoms with Gasteiger partial charge in [0.05, 0.1) is 13.2 Å². The Bertz CT molecular complexity index is 95.7. The molecule has 1 aliphatic rings. The van der Waals surface area contributed by atoms with E-state index in [2.05, 4.69) is 4.89 Å². The van der Waals surface area contributed by atoms with E-state index >= 15 is 0 Å².